The number of carbonyl (C=O) groups excluding carboxylic acids is 1. The van der Waals surface area contributed by atoms with Gasteiger partial charge >= 0.3 is 0 Å². The van der Waals surface area contributed by atoms with E-state index in [1.165, 1.54) is 12.8 Å². The molecule has 0 aromatic carbocycles. The van der Waals surface area contributed by atoms with Crippen LogP contribution in [0.1, 0.15) is 51.4 Å². The monoisotopic (exact) mass is 228 g/mol. The highest BCUT2D eigenvalue weighted by Crippen LogP contribution is 2.27. The lowest BCUT2D eigenvalue weighted by molar-refractivity contribution is -0.120. The Morgan fingerprint density at radius 2 is 1.87 bits per heavy atom. The summed E-state index contributed by atoms with van der Waals surface area (Å²) in [4.78, 5) is 11.4. The van der Waals surface area contributed by atoms with E-state index in [2.05, 4.69) is 0 Å². The van der Waals surface area contributed by atoms with Gasteiger partial charge in [0.1, 0.15) is 5.78 Å². The van der Waals surface area contributed by atoms with Gasteiger partial charge in [-0.15, -0.1) is 0 Å². The molecule has 3 heteroatoms. The first kappa shape index (κ1) is 11.3. The van der Waals surface area contributed by atoms with Crippen LogP contribution >= 0.6 is 0 Å². The molecule has 0 bridgehead atoms. The first-order chi connectivity index (χ1) is 7.27. The van der Waals surface area contributed by atoms with Crippen molar-refractivity contribution in [2.24, 2.45) is 5.92 Å². The van der Waals surface area contributed by atoms with Crippen LogP contribution in [0.5, 0.6) is 0 Å². The Morgan fingerprint density at radius 3 is 2.47 bits per heavy atom. The first-order valence-electron chi connectivity index (χ1n) is 6.17. The van der Waals surface area contributed by atoms with Gasteiger partial charge in [0, 0.05) is 34.1 Å². The molecular weight excluding hydrogens is 208 g/mol. The number of rotatable bonds is 4. The second-order valence-electron chi connectivity index (χ2n) is 4.84. The van der Waals surface area contributed by atoms with E-state index in [0.29, 0.717) is 11.0 Å². The predicted octanol–water partition coefficient (Wildman–Crippen LogP) is 2.44. The number of hydrogen-bond donors (Lipinski definition) is 0. The Hall–Kier alpha value is -0.180. The molecule has 2 unspecified atom stereocenters. The van der Waals surface area contributed by atoms with Crippen molar-refractivity contribution in [3.63, 3.8) is 0 Å². The molecule has 0 spiro atoms. The van der Waals surface area contributed by atoms with Crippen LogP contribution in [0.15, 0.2) is 0 Å². The SMILES string of the molecule is O=C1CCCC1CCS(=O)C1CCCC1. The van der Waals surface area contributed by atoms with Gasteiger partial charge in [0.15, 0.2) is 0 Å². The molecule has 0 aromatic heterocycles. The molecule has 0 radical (unpaired) electrons. The Balaban J connectivity index is 1.72. The van der Waals surface area contributed by atoms with Crippen LogP contribution in [0.3, 0.4) is 0 Å². The highest BCUT2D eigenvalue weighted by Gasteiger charge is 2.26. The third-order valence-corrected chi connectivity index (χ3v) is 5.63. The highest BCUT2D eigenvalue weighted by molar-refractivity contribution is 7.85. The van der Waals surface area contributed by atoms with E-state index in [4.69, 9.17) is 0 Å². The molecule has 2 aliphatic carbocycles. The van der Waals surface area contributed by atoms with Crippen molar-refractivity contribution in [3.8, 4) is 0 Å². The second kappa shape index (κ2) is 5.24. The Labute approximate surface area is 94.3 Å². The van der Waals surface area contributed by atoms with Crippen molar-refractivity contribution >= 4 is 16.6 Å². The Bertz CT molecular complexity index is 256. The minimum Gasteiger partial charge on any atom is -0.299 e. The molecule has 2 fully saturated rings. The molecule has 2 nitrogen and oxygen atoms in total. The van der Waals surface area contributed by atoms with Crippen molar-refractivity contribution < 1.29 is 9.00 Å². The van der Waals surface area contributed by atoms with E-state index in [0.717, 1.165) is 44.3 Å². The predicted molar refractivity (Wildman–Crippen MR) is 62.2 cm³/mol. The smallest absolute Gasteiger partial charge is 0.136 e. The molecule has 0 saturated heterocycles. The van der Waals surface area contributed by atoms with Crippen LogP contribution in [0.25, 0.3) is 0 Å². The largest absolute Gasteiger partial charge is 0.299 e. The summed E-state index contributed by atoms with van der Waals surface area (Å²) in [7, 11) is -0.659. The van der Waals surface area contributed by atoms with Crippen LogP contribution in [-0.2, 0) is 15.6 Å². The summed E-state index contributed by atoms with van der Waals surface area (Å²) in [5.41, 5.74) is 0. The lowest BCUT2D eigenvalue weighted by Crippen LogP contribution is -2.17. The maximum atomic E-state index is 11.9. The van der Waals surface area contributed by atoms with Crippen molar-refractivity contribution in [3.05, 3.63) is 0 Å². The van der Waals surface area contributed by atoms with Crippen molar-refractivity contribution in [1.29, 1.82) is 0 Å². The average Bonchev–Trinajstić information content (AvgIpc) is 2.85. The summed E-state index contributed by atoms with van der Waals surface area (Å²) < 4.78 is 11.9. The van der Waals surface area contributed by atoms with Gasteiger partial charge in [-0.3, -0.25) is 9.00 Å². The molecule has 0 N–H and O–H groups in total. The van der Waals surface area contributed by atoms with E-state index >= 15 is 0 Å². The number of carbonyl (C=O) groups is 1. The zero-order valence-corrected chi connectivity index (χ0v) is 10.1. The fourth-order valence-corrected chi connectivity index (χ4v) is 4.48. The Kier molecular flexibility index (Phi) is 3.95. The molecule has 0 aliphatic heterocycles. The molecule has 2 rings (SSSR count). The van der Waals surface area contributed by atoms with Gasteiger partial charge in [0.05, 0.1) is 0 Å². The van der Waals surface area contributed by atoms with Gasteiger partial charge < -0.3 is 0 Å². The zero-order chi connectivity index (χ0) is 10.7. The minimum atomic E-state index is -0.659. The fourth-order valence-electron chi connectivity index (χ4n) is 2.77. The number of ketones is 1. The summed E-state index contributed by atoms with van der Waals surface area (Å²) in [6.07, 6.45) is 8.52. The fraction of sp³-hybridized carbons (Fsp3) is 0.917. The summed E-state index contributed by atoms with van der Waals surface area (Å²) in [5.74, 6) is 1.43. The Morgan fingerprint density at radius 1 is 1.13 bits per heavy atom. The van der Waals surface area contributed by atoms with Crippen molar-refractivity contribution in [2.45, 2.75) is 56.6 Å². The maximum Gasteiger partial charge on any atom is 0.136 e. The summed E-state index contributed by atoms with van der Waals surface area (Å²) in [6.45, 7) is 0. The second-order valence-corrected chi connectivity index (χ2v) is 6.67. The van der Waals surface area contributed by atoms with Crippen LogP contribution in [0.4, 0.5) is 0 Å². The lowest BCUT2D eigenvalue weighted by Gasteiger charge is -2.11. The number of Topliss-reactive ketones (excluding diaryl/α,β-unsaturated/α-hetero) is 1. The van der Waals surface area contributed by atoms with Gasteiger partial charge in [-0.05, 0) is 32.1 Å². The van der Waals surface area contributed by atoms with Crippen LogP contribution in [0.2, 0.25) is 0 Å². The lowest BCUT2D eigenvalue weighted by atomic mass is 10.1. The summed E-state index contributed by atoms with van der Waals surface area (Å²) in [5, 5.41) is 0.446. The van der Waals surface area contributed by atoms with E-state index in [9.17, 15) is 9.00 Å². The van der Waals surface area contributed by atoms with Crippen molar-refractivity contribution in [2.75, 3.05) is 5.75 Å². The van der Waals surface area contributed by atoms with E-state index in [1.54, 1.807) is 0 Å². The molecule has 0 amide bonds. The third-order valence-electron chi connectivity index (χ3n) is 3.77. The topological polar surface area (TPSA) is 34.1 Å². The molecule has 86 valence electrons. The molecule has 2 saturated carbocycles. The van der Waals surface area contributed by atoms with Gasteiger partial charge in [0.2, 0.25) is 0 Å². The van der Waals surface area contributed by atoms with Crippen molar-refractivity contribution in [1.82, 2.24) is 0 Å². The van der Waals surface area contributed by atoms with E-state index in [1.807, 2.05) is 0 Å². The van der Waals surface area contributed by atoms with E-state index in [-0.39, 0.29) is 5.92 Å². The first-order valence-corrected chi connectivity index (χ1v) is 7.55. The van der Waals surface area contributed by atoms with Gasteiger partial charge in [-0.1, -0.05) is 12.8 Å². The minimum absolute atomic E-state index is 0.246. The molecular formula is C12H20O2S. The summed E-state index contributed by atoms with van der Waals surface area (Å²) in [6, 6.07) is 0. The highest BCUT2D eigenvalue weighted by atomic mass is 32.2. The normalized spacial score (nSPS) is 29.9. The van der Waals surface area contributed by atoms with Crippen LogP contribution in [0, 0.1) is 5.92 Å². The van der Waals surface area contributed by atoms with Crippen LogP contribution in [-0.4, -0.2) is 21.0 Å². The molecule has 2 atom stereocenters. The summed E-state index contributed by atoms with van der Waals surface area (Å²) >= 11 is 0. The van der Waals surface area contributed by atoms with Gasteiger partial charge in [-0.25, -0.2) is 0 Å². The third kappa shape index (κ3) is 2.90. The molecule has 0 aromatic rings. The molecule has 2 aliphatic rings. The molecule has 15 heavy (non-hydrogen) atoms. The molecule has 0 heterocycles. The zero-order valence-electron chi connectivity index (χ0n) is 9.24. The van der Waals surface area contributed by atoms with E-state index < -0.39 is 10.8 Å². The van der Waals surface area contributed by atoms with Gasteiger partial charge in [0.25, 0.3) is 0 Å². The standard InChI is InChI=1S/C12H20O2S/c13-12-7-3-4-10(12)8-9-15(14)11-5-1-2-6-11/h10-11H,1-9H2. The average molecular weight is 228 g/mol. The quantitative estimate of drug-likeness (QED) is 0.740. The van der Waals surface area contributed by atoms with Crippen LogP contribution < -0.4 is 0 Å². The maximum absolute atomic E-state index is 11.9. The van der Waals surface area contributed by atoms with Gasteiger partial charge in [-0.2, -0.15) is 0 Å². The number of hydrogen-bond acceptors (Lipinski definition) is 2.